The molecule has 4 N–H and O–H groups in total. The van der Waals surface area contributed by atoms with Gasteiger partial charge in [0.2, 0.25) is 0 Å². The predicted molar refractivity (Wildman–Crippen MR) is 193 cm³/mol. The predicted octanol–water partition coefficient (Wildman–Crippen LogP) is 9.50. The van der Waals surface area contributed by atoms with Crippen LogP contribution in [-0.4, -0.2) is 24.1 Å². The summed E-state index contributed by atoms with van der Waals surface area (Å²) in [7, 11) is 0. The minimum absolute atomic E-state index is 0.0188. The zero-order valence-corrected chi connectivity index (χ0v) is 29.7. The van der Waals surface area contributed by atoms with Crippen LogP contribution in [0.4, 0.5) is 11.4 Å². The Morgan fingerprint density at radius 3 is 2.00 bits per heavy atom. The van der Waals surface area contributed by atoms with Gasteiger partial charge < -0.3 is 20.9 Å². The van der Waals surface area contributed by atoms with E-state index in [1.165, 1.54) is 44.9 Å². The highest BCUT2D eigenvalue weighted by Crippen LogP contribution is 2.69. The summed E-state index contributed by atoms with van der Waals surface area (Å²) in [5.41, 5.74) is 14.4. The number of hydrogen-bond donors (Lipinski definition) is 2. The van der Waals surface area contributed by atoms with Gasteiger partial charge in [-0.1, -0.05) is 46.6 Å². The van der Waals surface area contributed by atoms with Gasteiger partial charge in [0.05, 0.1) is 11.1 Å². The van der Waals surface area contributed by atoms with Crippen LogP contribution in [0.5, 0.6) is 0 Å². The second-order valence-corrected chi connectivity index (χ2v) is 16.6. The van der Waals surface area contributed by atoms with Gasteiger partial charge in [-0.2, -0.15) is 0 Å². The summed E-state index contributed by atoms with van der Waals surface area (Å²) in [6.45, 7) is 13.8. The molecule has 6 rings (SSSR count). The van der Waals surface area contributed by atoms with Crippen molar-refractivity contribution in [2.24, 2.45) is 52.3 Å². The first-order valence-corrected chi connectivity index (χ1v) is 18.7. The maximum Gasteiger partial charge on any atom is 0.338 e. The minimum Gasteiger partial charge on any atom is -0.459 e. The van der Waals surface area contributed by atoms with E-state index >= 15 is 0 Å². The highest BCUT2D eigenvalue weighted by atomic mass is 16.6. The number of nitrogen functional groups attached to an aromatic ring is 2. The van der Waals surface area contributed by atoms with Crippen molar-refractivity contribution in [3.8, 4) is 0 Å². The SMILES string of the molecule is C=CC(C)CCCC(C)C1CCC2C3CC(OC(=O)c4ccc(N)cc4)C4CC(OC(=O)c5ccc(N)cc5)CCC4(C)C3CCC12C. The third-order valence-electron chi connectivity index (χ3n) is 13.9. The van der Waals surface area contributed by atoms with Crippen LogP contribution in [0.25, 0.3) is 0 Å². The number of fused-ring (bicyclic) bond motifs is 5. The van der Waals surface area contributed by atoms with E-state index in [9.17, 15) is 9.59 Å². The summed E-state index contributed by atoms with van der Waals surface area (Å²) in [5, 5.41) is 0. The molecule has 4 aliphatic rings. The minimum atomic E-state index is -0.314. The third-order valence-corrected chi connectivity index (χ3v) is 13.9. The molecule has 0 saturated heterocycles. The van der Waals surface area contributed by atoms with Gasteiger partial charge in [-0.05, 0) is 153 Å². The molecule has 0 aliphatic heterocycles. The summed E-state index contributed by atoms with van der Waals surface area (Å²) < 4.78 is 12.7. The molecule has 0 aromatic heterocycles. The topological polar surface area (TPSA) is 105 Å². The van der Waals surface area contributed by atoms with E-state index in [2.05, 4.69) is 40.3 Å². The number of ether oxygens (including phenoxy) is 2. The van der Waals surface area contributed by atoms with Gasteiger partial charge in [0.15, 0.2) is 0 Å². The molecule has 11 unspecified atom stereocenters. The number of allylic oxidation sites excluding steroid dienone is 1. The number of anilines is 2. The summed E-state index contributed by atoms with van der Waals surface area (Å²) >= 11 is 0. The highest BCUT2D eigenvalue weighted by Gasteiger charge is 2.63. The molecule has 0 radical (unpaired) electrons. The highest BCUT2D eigenvalue weighted by molar-refractivity contribution is 5.90. The lowest BCUT2D eigenvalue weighted by atomic mass is 9.43. The van der Waals surface area contributed by atoms with Crippen LogP contribution in [0.2, 0.25) is 0 Å². The van der Waals surface area contributed by atoms with E-state index in [4.69, 9.17) is 20.9 Å². The smallest absolute Gasteiger partial charge is 0.338 e. The van der Waals surface area contributed by atoms with Crippen LogP contribution < -0.4 is 11.5 Å². The van der Waals surface area contributed by atoms with Gasteiger partial charge in [0, 0.05) is 17.3 Å². The fourth-order valence-electron chi connectivity index (χ4n) is 11.2. The third kappa shape index (κ3) is 6.65. The van der Waals surface area contributed by atoms with Crippen molar-refractivity contribution >= 4 is 23.3 Å². The Bertz CT molecular complexity index is 1450. The number of esters is 2. The van der Waals surface area contributed by atoms with E-state index in [0.717, 1.165) is 25.2 Å². The van der Waals surface area contributed by atoms with Crippen molar-refractivity contribution in [2.75, 3.05) is 11.5 Å². The van der Waals surface area contributed by atoms with Crippen molar-refractivity contribution in [2.45, 2.75) is 111 Å². The van der Waals surface area contributed by atoms with Crippen molar-refractivity contribution in [3.05, 3.63) is 72.3 Å². The van der Waals surface area contributed by atoms with E-state index in [-0.39, 0.29) is 35.5 Å². The Labute approximate surface area is 288 Å². The van der Waals surface area contributed by atoms with E-state index in [1.807, 2.05) is 0 Å². The zero-order valence-electron chi connectivity index (χ0n) is 29.7. The molecule has 2 aromatic rings. The second-order valence-electron chi connectivity index (χ2n) is 16.6. The van der Waals surface area contributed by atoms with Gasteiger partial charge in [0.1, 0.15) is 12.2 Å². The lowest BCUT2D eigenvalue weighted by molar-refractivity contribution is -0.174. The summed E-state index contributed by atoms with van der Waals surface area (Å²) in [6, 6.07) is 14.0. The monoisotopic (exact) mass is 654 g/mol. The van der Waals surface area contributed by atoms with Crippen molar-refractivity contribution < 1.29 is 19.1 Å². The molecule has 4 aliphatic carbocycles. The quantitative estimate of drug-likeness (QED) is 0.150. The number of nitrogens with two attached hydrogens (primary N) is 2. The number of carbonyl (C=O) groups is 2. The first-order chi connectivity index (χ1) is 22.9. The largest absolute Gasteiger partial charge is 0.459 e. The standard InChI is InChI=1S/C42H58N2O4/c1-6-26(2)8-7-9-27(3)34-18-19-35-33-25-38(48-40(46)29-12-16-31(44)17-13-29)37-24-32(47-39(45)28-10-14-30(43)15-11-28)20-22-42(37,5)36(33)21-23-41(34,35)4/h6,10-17,26-27,32-38H,1,7-9,18-25,43-44H2,2-5H3. The number of carbonyl (C=O) groups excluding carboxylic acids is 2. The number of benzene rings is 2. The zero-order chi connectivity index (χ0) is 34.2. The molecule has 0 bridgehead atoms. The number of hydrogen-bond acceptors (Lipinski definition) is 6. The van der Waals surface area contributed by atoms with Crippen molar-refractivity contribution in [1.29, 1.82) is 0 Å². The van der Waals surface area contributed by atoms with Gasteiger partial charge in [-0.15, -0.1) is 6.58 Å². The molecular weight excluding hydrogens is 596 g/mol. The number of rotatable bonds is 10. The Hall–Kier alpha value is -3.28. The molecule has 4 saturated carbocycles. The molecule has 48 heavy (non-hydrogen) atoms. The summed E-state index contributed by atoms with van der Waals surface area (Å²) in [6.07, 6.45) is 13.9. The van der Waals surface area contributed by atoms with Gasteiger partial charge in [-0.3, -0.25) is 0 Å². The van der Waals surface area contributed by atoms with Crippen LogP contribution in [0.15, 0.2) is 61.2 Å². The normalized spacial score (nSPS) is 35.3. The molecule has 4 fully saturated rings. The molecule has 260 valence electrons. The van der Waals surface area contributed by atoms with Crippen LogP contribution >= 0.6 is 0 Å². The fraction of sp³-hybridized carbons (Fsp3) is 0.619. The maximum atomic E-state index is 13.7. The van der Waals surface area contributed by atoms with E-state index in [0.29, 0.717) is 63.9 Å². The summed E-state index contributed by atoms with van der Waals surface area (Å²) in [5.74, 6) is 3.33. The Morgan fingerprint density at radius 1 is 0.792 bits per heavy atom. The van der Waals surface area contributed by atoms with Crippen molar-refractivity contribution in [3.63, 3.8) is 0 Å². The van der Waals surface area contributed by atoms with Crippen LogP contribution in [0.3, 0.4) is 0 Å². The molecule has 0 heterocycles. The maximum absolute atomic E-state index is 13.7. The first-order valence-electron chi connectivity index (χ1n) is 18.7. The lowest BCUT2D eigenvalue weighted by Gasteiger charge is -2.62. The Kier molecular flexibility index (Phi) is 10.0. The van der Waals surface area contributed by atoms with Crippen LogP contribution in [0, 0.1) is 52.3 Å². The van der Waals surface area contributed by atoms with E-state index in [1.54, 1.807) is 48.5 Å². The Balaban J connectivity index is 1.23. The molecule has 6 nitrogen and oxygen atoms in total. The van der Waals surface area contributed by atoms with Crippen LogP contribution in [0.1, 0.15) is 119 Å². The van der Waals surface area contributed by atoms with Gasteiger partial charge >= 0.3 is 11.9 Å². The van der Waals surface area contributed by atoms with Gasteiger partial charge in [0.25, 0.3) is 0 Å². The summed E-state index contributed by atoms with van der Waals surface area (Å²) in [4.78, 5) is 26.8. The molecule has 6 heteroatoms. The second kappa shape index (κ2) is 13.9. The first kappa shape index (κ1) is 34.6. The molecule has 0 amide bonds. The average molecular weight is 655 g/mol. The molecular formula is C42H58N2O4. The lowest BCUT2D eigenvalue weighted by Crippen LogP contribution is -2.59. The van der Waals surface area contributed by atoms with E-state index < -0.39 is 0 Å². The average Bonchev–Trinajstić information content (AvgIpc) is 3.43. The fourth-order valence-corrected chi connectivity index (χ4v) is 11.2. The molecule has 0 spiro atoms. The molecule has 2 aromatic carbocycles. The van der Waals surface area contributed by atoms with Gasteiger partial charge in [-0.25, -0.2) is 9.59 Å². The van der Waals surface area contributed by atoms with Crippen molar-refractivity contribution in [1.82, 2.24) is 0 Å². The Morgan fingerprint density at radius 2 is 1.38 bits per heavy atom. The van der Waals surface area contributed by atoms with Crippen LogP contribution in [-0.2, 0) is 9.47 Å². The molecule has 11 atom stereocenters.